The lowest BCUT2D eigenvalue weighted by Gasteiger charge is -2.17. The van der Waals surface area contributed by atoms with Crippen molar-refractivity contribution in [2.24, 2.45) is 0 Å². The molecule has 0 spiro atoms. The van der Waals surface area contributed by atoms with Gasteiger partial charge in [0.15, 0.2) is 6.10 Å². The van der Waals surface area contributed by atoms with Gasteiger partial charge >= 0.3 is 0 Å². The second-order valence-electron chi connectivity index (χ2n) is 5.02. The summed E-state index contributed by atoms with van der Waals surface area (Å²) in [6.45, 7) is 0. The molecule has 0 fully saturated rings. The van der Waals surface area contributed by atoms with Crippen LogP contribution in [-0.2, 0) is 0 Å². The Labute approximate surface area is 133 Å². The Morgan fingerprint density at radius 1 is 1.17 bits per heavy atom. The van der Waals surface area contributed by atoms with E-state index in [0.717, 1.165) is 22.3 Å². The van der Waals surface area contributed by atoms with Gasteiger partial charge in [0, 0.05) is 12.8 Å². The highest BCUT2D eigenvalue weighted by molar-refractivity contribution is 5.73. The molecule has 0 saturated carbocycles. The normalized spacial score (nSPS) is 11.8. The molecule has 116 valence electrons. The van der Waals surface area contributed by atoms with Crippen molar-refractivity contribution < 1.29 is 9.57 Å². The van der Waals surface area contributed by atoms with Crippen LogP contribution in [0.25, 0.3) is 11.0 Å². The Morgan fingerprint density at radius 3 is 2.70 bits per heavy atom. The number of rotatable bonds is 6. The molecule has 6 nitrogen and oxygen atoms in total. The highest BCUT2D eigenvalue weighted by atomic mass is 16.7. The first kappa shape index (κ1) is 14.9. The van der Waals surface area contributed by atoms with E-state index in [1.165, 1.54) is 4.85 Å². The molecule has 3 aromatic rings. The number of benzene rings is 2. The second kappa shape index (κ2) is 6.79. The lowest BCUT2D eigenvalue weighted by molar-refractivity contribution is 0.0143. The van der Waals surface area contributed by atoms with Crippen LogP contribution in [0.1, 0.15) is 24.5 Å². The van der Waals surface area contributed by atoms with Gasteiger partial charge in [0.2, 0.25) is 0 Å². The van der Waals surface area contributed by atoms with E-state index in [0.29, 0.717) is 12.8 Å². The monoisotopic (exact) mass is 308 g/mol. The third kappa shape index (κ3) is 3.24. The number of methoxy groups -OCH3 is 1. The minimum Gasteiger partial charge on any atom is -0.497 e. The molecule has 0 radical (unpaired) electrons. The summed E-state index contributed by atoms with van der Waals surface area (Å²) in [6.07, 6.45) is 0.672. The minimum absolute atomic E-state index is 0.286. The molecule has 1 aromatic heterocycles. The molecule has 0 aliphatic heterocycles. The average molecular weight is 308 g/mol. The Hall–Kier alpha value is -3.07. The van der Waals surface area contributed by atoms with Crippen LogP contribution in [0.15, 0.2) is 48.5 Å². The van der Waals surface area contributed by atoms with Gasteiger partial charge < -0.3 is 9.57 Å². The molecule has 0 amide bonds. The number of hydrogen-bond donors (Lipinski definition) is 0. The molecule has 3 rings (SSSR count). The Balaban J connectivity index is 1.88. The third-order valence-electron chi connectivity index (χ3n) is 3.55. The molecule has 1 atom stereocenters. The molecule has 2 aromatic carbocycles. The zero-order valence-electron chi connectivity index (χ0n) is 12.7. The van der Waals surface area contributed by atoms with Gasteiger partial charge in [0.1, 0.15) is 16.8 Å². The van der Waals surface area contributed by atoms with Crippen LogP contribution in [-0.4, -0.2) is 22.3 Å². The minimum atomic E-state index is -0.286. The summed E-state index contributed by atoms with van der Waals surface area (Å²) in [4.78, 5) is 7.40. The van der Waals surface area contributed by atoms with E-state index in [-0.39, 0.29) is 6.10 Å². The number of para-hydroxylation sites is 1. The van der Waals surface area contributed by atoms with Crippen molar-refractivity contribution in [2.75, 3.05) is 7.11 Å². The van der Waals surface area contributed by atoms with Crippen molar-refractivity contribution in [3.05, 3.63) is 54.1 Å². The summed E-state index contributed by atoms with van der Waals surface area (Å²) in [5, 5.41) is 17.0. The van der Waals surface area contributed by atoms with Crippen molar-refractivity contribution in [1.82, 2.24) is 15.2 Å². The first-order chi connectivity index (χ1) is 11.3. The SMILES string of the molecule is COc1ccc(C(CCC#N)On2nnc3ccccc32)cc1. The van der Waals surface area contributed by atoms with Gasteiger partial charge in [-0.15, -0.1) is 5.10 Å². The lowest BCUT2D eigenvalue weighted by Crippen LogP contribution is -2.19. The van der Waals surface area contributed by atoms with E-state index in [1.807, 2.05) is 48.5 Å². The van der Waals surface area contributed by atoms with Crippen LogP contribution in [0.5, 0.6) is 5.75 Å². The van der Waals surface area contributed by atoms with Crippen LogP contribution < -0.4 is 9.57 Å². The van der Waals surface area contributed by atoms with Gasteiger partial charge in [-0.25, -0.2) is 0 Å². The van der Waals surface area contributed by atoms with E-state index < -0.39 is 0 Å². The summed E-state index contributed by atoms with van der Waals surface area (Å²) in [5.74, 6) is 0.777. The molecule has 0 bridgehead atoms. The van der Waals surface area contributed by atoms with Crippen LogP contribution >= 0.6 is 0 Å². The number of ether oxygens (including phenoxy) is 1. The molecule has 0 aliphatic rings. The standard InChI is InChI=1S/C17H16N4O2/c1-22-14-10-8-13(9-11-14)17(7-4-12-18)23-21-16-6-3-2-5-15(16)19-20-21/h2-3,5-6,8-11,17H,4,7H2,1H3. The maximum absolute atomic E-state index is 8.88. The summed E-state index contributed by atoms with van der Waals surface area (Å²) < 4.78 is 5.17. The van der Waals surface area contributed by atoms with Crippen LogP contribution in [0.2, 0.25) is 0 Å². The number of hydrogen-bond acceptors (Lipinski definition) is 5. The number of nitriles is 1. The number of fused-ring (bicyclic) bond motifs is 1. The van der Waals surface area contributed by atoms with Crippen molar-refractivity contribution in [3.8, 4) is 11.8 Å². The van der Waals surface area contributed by atoms with E-state index in [2.05, 4.69) is 16.4 Å². The Kier molecular flexibility index (Phi) is 4.39. The Bertz CT molecular complexity index is 820. The van der Waals surface area contributed by atoms with Crippen LogP contribution in [0.3, 0.4) is 0 Å². The fourth-order valence-electron chi connectivity index (χ4n) is 2.34. The summed E-state index contributed by atoms with van der Waals surface area (Å²) in [5.41, 5.74) is 2.52. The van der Waals surface area contributed by atoms with Gasteiger partial charge in [-0.1, -0.05) is 29.1 Å². The molecule has 1 heterocycles. The molecule has 23 heavy (non-hydrogen) atoms. The largest absolute Gasteiger partial charge is 0.497 e. The summed E-state index contributed by atoms with van der Waals surface area (Å²) >= 11 is 0. The predicted octanol–water partition coefficient (Wildman–Crippen LogP) is 2.91. The highest BCUT2D eigenvalue weighted by Gasteiger charge is 2.16. The molecule has 1 unspecified atom stereocenters. The predicted molar refractivity (Wildman–Crippen MR) is 84.7 cm³/mol. The summed E-state index contributed by atoms with van der Waals surface area (Å²) in [7, 11) is 1.63. The van der Waals surface area contributed by atoms with Gasteiger partial charge in [-0.2, -0.15) is 5.26 Å². The first-order valence-corrected chi connectivity index (χ1v) is 7.30. The van der Waals surface area contributed by atoms with Crippen LogP contribution in [0, 0.1) is 11.3 Å². The van der Waals surface area contributed by atoms with E-state index in [9.17, 15) is 0 Å². The smallest absolute Gasteiger partial charge is 0.153 e. The van der Waals surface area contributed by atoms with Crippen molar-refractivity contribution in [3.63, 3.8) is 0 Å². The highest BCUT2D eigenvalue weighted by Crippen LogP contribution is 2.23. The summed E-state index contributed by atoms with van der Waals surface area (Å²) in [6, 6.07) is 17.3. The molecule has 6 heteroatoms. The average Bonchev–Trinajstić information content (AvgIpc) is 3.02. The maximum Gasteiger partial charge on any atom is 0.153 e. The zero-order valence-corrected chi connectivity index (χ0v) is 12.7. The molecular weight excluding hydrogens is 292 g/mol. The molecular formula is C17H16N4O2. The molecule has 0 N–H and O–H groups in total. The quantitative estimate of drug-likeness (QED) is 0.700. The van der Waals surface area contributed by atoms with Gasteiger partial charge in [-0.3, -0.25) is 0 Å². The maximum atomic E-state index is 8.88. The van der Waals surface area contributed by atoms with Crippen molar-refractivity contribution in [2.45, 2.75) is 18.9 Å². The third-order valence-corrected chi connectivity index (χ3v) is 3.55. The number of aromatic nitrogens is 3. The van der Waals surface area contributed by atoms with E-state index in [1.54, 1.807) is 7.11 Å². The topological polar surface area (TPSA) is 73.0 Å². The van der Waals surface area contributed by atoms with Crippen LogP contribution in [0.4, 0.5) is 0 Å². The van der Waals surface area contributed by atoms with Gasteiger partial charge in [0.05, 0.1) is 13.2 Å². The second-order valence-corrected chi connectivity index (χ2v) is 5.02. The molecule has 0 aliphatic carbocycles. The number of nitrogens with zero attached hydrogens (tertiary/aromatic N) is 4. The zero-order chi connectivity index (χ0) is 16.1. The first-order valence-electron chi connectivity index (χ1n) is 7.30. The van der Waals surface area contributed by atoms with E-state index in [4.69, 9.17) is 14.8 Å². The van der Waals surface area contributed by atoms with Crippen molar-refractivity contribution >= 4 is 11.0 Å². The van der Waals surface area contributed by atoms with Gasteiger partial charge in [-0.05, 0) is 35.0 Å². The lowest BCUT2D eigenvalue weighted by atomic mass is 10.1. The van der Waals surface area contributed by atoms with Gasteiger partial charge in [0.25, 0.3) is 0 Å². The fourth-order valence-corrected chi connectivity index (χ4v) is 2.34. The molecule has 0 saturated heterocycles. The Morgan fingerprint density at radius 2 is 1.96 bits per heavy atom. The van der Waals surface area contributed by atoms with E-state index >= 15 is 0 Å². The fraction of sp³-hybridized carbons (Fsp3) is 0.235. The van der Waals surface area contributed by atoms with Crippen molar-refractivity contribution in [1.29, 1.82) is 5.26 Å².